The van der Waals surface area contributed by atoms with Crippen molar-refractivity contribution in [2.45, 2.75) is 37.8 Å². The Labute approximate surface area is 297 Å². The fourth-order valence-corrected chi connectivity index (χ4v) is 5.21. The first-order valence-corrected chi connectivity index (χ1v) is 17.0. The molecule has 0 radical (unpaired) electrons. The van der Waals surface area contributed by atoms with Gasteiger partial charge in [-0.25, -0.2) is 4.79 Å². The van der Waals surface area contributed by atoms with E-state index in [1.54, 1.807) is 0 Å². The van der Waals surface area contributed by atoms with Crippen LogP contribution in [0.4, 0.5) is 4.79 Å². The number of amides is 5. The third-order valence-electron chi connectivity index (χ3n) is 7.70. The number of rotatable bonds is 25. The summed E-state index contributed by atoms with van der Waals surface area (Å²) in [6.45, 7) is 4.76. The number of primary amides is 1. The van der Waals surface area contributed by atoms with Gasteiger partial charge in [-0.2, -0.15) is 0 Å². The normalized spacial score (nSPS) is 13.0. The van der Waals surface area contributed by atoms with E-state index < -0.39 is 48.2 Å². The van der Waals surface area contributed by atoms with E-state index in [9.17, 15) is 24.0 Å². The van der Waals surface area contributed by atoms with Crippen LogP contribution in [0.25, 0.3) is 11.1 Å². The van der Waals surface area contributed by atoms with Gasteiger partial charge in [0.05, 0.1) is 59.3 Å². The molecular formula is C35H50N6O10. The standard InChI is InChI=1S/C35H50N6O10/c1-24(33(44)38-12-11-36)40-34(45)30(22-31(37)42)41-32(43)10-14-47-16-18-49-20-21-50-19-17-48-15-13-39-35(46)51-23-29-27-8-4-2-6-25(27)26-7-3-5-9-28(26)29/h2-9,24,29-30H,10-23,36H2,1H3,(H2,37,42)(H,38,44)(H,39,46)(H,40,45)(H,41,43)/t24-,30-/m0/s1. The molecule has 0 fully saturated rings. The molecule has 3 rings (SSSR count). The van der Waals surface area contributed by atoms with Gasteiger partial charge in [-0.15, -0.1) is 0 Å². The molecule has 0 spiro atoms. The van der Waals surface area contributed by atoms with E-state index in [4.69, 9.17) is 35.2 Å². The van der Waals surface area contributed by atoms with E-state index in [0.29, 0.717) is 39.6 Å². The fourth-order valence-electron chi connectivity index (χ4n) is 5.21. The Morgan fingerprint density at radius 3 is 1.82 bits per heavy atom. The van der Waals surface area contributed by atoms with Gasteiger partial charge in [-0.3, -0.25) is 19.2 Å². The molecule has 280 valence electrons. The molecule has 51 heavy (non-hydrogen) atoms. The van der Waals surface area contributed by atoms with E-state index in [0.717, 1.165) is 11.1 Å². The summed E-state index contributed by atoms with van der Waals surface area (Å²) in [6.07, 6.45) is -0.995. The van der Waals surface area contributed by atoms with Crippen molar-refractivity contribution in [3.63, 3.8) is 0 Å². The second-order valence-electron chi connectivity index (χ2n) is 11.6. The van der Waals surface area contributed by atoms with Gasteiger partial charge in [-0.1, -0.05) is 48.5 Å². The monoisotopic (exact) mass is 714 g/mol. The van der Waals surface area contributed by atoms with Crippen LogP contribution in [0.2, 0.25) is 0 Å². The van der Waals surface area contributed by atoms with E-state index in [1.165, 1.54) is 18.1 Å². The van der Waals surface area contributed by atoms with Gasteiger partial charge in [0.1, 0.15) is 18.7 Å². The second kappa shape index (κ2) is 23.0. The highest BCUT2D eigenvalue weighted by molar-refractivity contribution is 5.94. The quantitative estimate of drug-likeness (QED) is 0.0745. The van der Waals surface area contributed by atoms with Crippen LogP contribution in [0.1, 0.15) is 36.8 Å². The highest BCUT2D eigenvalue weighted by Crippen LogP contribution is 2.44. The van der Waals surface area contributed by atoms with E-state index in [2.05, 4.69) is 45.5 Å². The van der Waals surface area contributed by atoms with Crippen molar-refractivity contribution in [1.82, 2.24) is 21.3 Å². The molecule has 2 aromatic rings. The lowest BCUT2D eigenvalue weighted by molar-refractivity contribution is -0.133. The minimum absolute atomic E-state index is 0.00402. The van der Waals surface area contributed by atoms with Crippen molar-refractivity contribution < 1.29 is 47.7 Å². The fraction of sp³-hybridized carbons (Fsp3) is 0.514. The molecule has 2 atom stereocenters. The number of carbonyl (C=O) groups excluding carboxylic acids is 5. The molecule has 0 aliphatic heterocycles. The van der Waals surface area contributed by atoms with Gasteiger partial charge >= 0.3 is 6.09 Å². The Morgan fingerprint density at radius 2 is 1.25 bits per heavy atom. The van der Waals surface area contributed by atoms with Crippen LogP contribution in [0.5, 0.6) is 0 Å². The predicted octanol–water partition coefficient (Wildman–Crippen LogP) is -0.0786. The Balaban J connectivity index is 1.13. The first-order valence-electron chi connectivity index (χ1n) is 17.0. The minimum Gasteiger partial charge on any atom is -0.449 e. The smallest absolute Gasteiger partial charge is 0.407 e. The van der Waals surface area contributed by atoms with Gasteiger partial charge in [0.2, 0.25) is 23.6 Å². The highest BCUT2D eigenvalue weighted by atomic mass is 16.6. The van der Waals surface area contributed by atoms with Crippen molar-refractivity contribution >= 4 is 29.7 Å². The molecule has 1 aliphatic rings. The number of ether oxygens (including phenoxy) is 5. The number of carbonyl (C=O) groups is 5. The van der Waals surface area contributed by atoms with Crippen LogP contribution < -0.4 is 32.7 Å². The van der Waals surface area contributed by atoms with Crippen molar-refractivity contribution in [2.75, 3.05) is 79.1 Å². The van der Waals surface area contributed by atoms with Crippen LogP contribution >= 0.6 is 0 Å². The SMILES string of the molecule is C[C@H](NC(=O)[C@H](CC(N)=O)NC(=O)CCOCCOCCOCCOCCNC(=O)OCC1c2ccccc2-c2ccccc21)C(=O)NCCN. The molecule has 5 amide bonds. The average molecular weight is 715 g/mol. The van der Waals surface area contributed by atoms with Gasteiger partial charge in [0.15, 0.2) is 0 Å². The van der Waals surface area contributed by atoms with Gasteiger partial charge in [0.25, 0.3) is 0 Å². The van der Waals surface area contributed by atoms with Crippen molar-refractivity contribution in [3.05, 3.63) is 59.7 Å². The molecule has 0 saturated carbocycles. The summed E-state index contributed by atoms with van der Waals surface area (Å²) in [4.78, 5) is 60.4. The average Bonchev–Trinajstić information content (AvgIpc) is 3.44. The first-order chi connectivity index (χ1) is 24.7. The third kappa shape index (κ3) is 14.6. The van der Waals surface area contributed by atoms with Crippen molar-refractivity contribution in [3.8, 4) is 11.1 Å². The van der Waals surface area contributed by atoms with Gasteiger partial charge in [0, 0.05) is 32.0 Å². The molecule has 8 N–H and O–H groups in total. The number of alkyl carbamates (subject to hydrolysis) is 1. The lowest BCUT2D eigenvalue weighted by Gasteiger charge is -2.20. The summed E-state index contributed by atoms with van der Waals surface area (Å²) in [5.41, 5.74) is 15.2. The van der Waals surface area contributed by atoms with Crippen LogP contribution in [-0.4, -0.2) is 121 Å². The molecule has 0 saturated heterocycles. The summed E-state index contributed by atoms with van der Waals surface area (Å²) >= 11 is 0. The zero-order chi connectivity index (χ0) is 36.8. The second-order valence-corrected chi connectivity index (χ2v) is 11.6. The zero-order valence-electron chi connectivity index (χ0n) is 29.0. The molecular weight excluding hydrogens is 664 g/mol. The lowest BCUT2D eigenvalue weighted by atomic mass is 9.98. The lowest BCUT2D eigenvalue weighted by Crippen LogP contribution is -2.54. The maximum absolute atomic E-state index is 12.5. The van der Waals surface area contributed by atoms with Crippen molar-refractivity contribution in [2.24, 2.45) is 11.5 Å². The van der Waals surface area contributed by atoms with E-state index >= 15 is 0 Å². The predicted molar refractivity (Wildman–Crippen MR) is 186 cm³/mol. The van der Waals surface area contributed by atoms with Crippen LogP contribution in [0, 0.1) is 0 Å². The third-order valence-corrected chi connectivity index (χ3v) is 7.70. The summed E-state index contributed by atoms with van der Waals surface area (Å²) in [5.74, 6) is -2.49. The van der Waals surface area contributed by atoms with Gasteiger partial charge < -0.3 is 56.4 Å². The van der Waals surface area contributed by atoms with E-state index in [1.807, 2.05) is 24.3 Å². The Bertz CT molecular complexity index is 1380. The molecule has 2 aromatic carbocycles. The van der Waals surface area contributed by atoms with E-state index in [-0.39, 0.29) is 51.9 Å². The van der Waals surface area contributed by atoms with Gasteiger partial charge in [-0.05, 0) is 29.2 Å². The first kappa shape index (κ1) is 40.8. The Morgan fingerprint density at radius 1 is 0.706 bits per heavy atom. The zero-order valence-corrected chi connectivity index (χ0v) is 29.0. The molecule has 0 heterocycles. The molecule has 0 unspecified atom stereocenters. The van der Waals surface area contributed by atoms with Crippen LogP contribution in [-0.2, 0) is 42.9 Å². The number of benzene rings is 2. The summed E-state index contributed by atoms with van der Waals surface area (Å²) in [5, 5.41) is 10.1. The summed E-state index contributed by atoms with van der Waals surface area (Å²) < 4.78 is 27.3. The minimum atomic E-state index is -1.24. The number of hydrogen-bond donors (Lipinski definition) is 6. The van der Waals surface area contributed by atoms with Crippen LogP contribution in [0.15, 0.2) is 48.5 Å². The highest BCUT2D eigenvalue weighted by Gasteiger charge is 2.29. The summed E-state index contributed by atoms with van der Waals surface area (Å²) in [7, 11) is 0. The van der Waals surface area contributed by atoms with Crippen molar-refractivity contribution in [1.29, 1.82) is 0 Å². The molecule has 16 heteroatoms. The topological polar surface area (TPSA) is 232 Å². The molecule has 16 nitrogen and oxygen atoms in total. The Kier molecular flexibility index (Phi) is 18.4. The number of nitrogens with two attached hydrogens (primary N) is 2. The Hall–Kier alpha value is -4.61. The van der Waals surface area contributed by atoms with Crippen LogP contribution in [0.3, 0.4) is 0 Å². The number of hydrogen-bond acceptors (Lipinski definition) is 11. The number of fused-ring (bicyclic) bond motifs is 3. The molecule has 1 aliphatic carbocycles. The molecule has 0 bridgehead atoms. The maximum Gasteiger partial charge on any atom is 0.407 e. The number of nitrogens with one attached hydrogen (secondary N) is 4. The molecule has 0 aromatic heterocycles. The largest absolute Gasteiger partial charge is 0.449 e. The summed E-state index contributed by atoms with van der Waals surface area (Å²) in [6, 6.07) is 14.2. The maximum atomic E-state index is 12.5.